The summed E-state index contributed by atoms with van der Waals surface area (Å²) < 4.78 is 68.9. The normalized spacial score (nSPS) is 13.7. The Morgan fingerprint density at radius 1 is 0.255 bits per heavy atom. The van der Waals surface area contributed by atoms with E-state index >= 15 is 0 Å². The summed E-state index contributed by atoms with van der Waals surface area (Å²) in [5, 5.41) is 10.7. The Hall–Kier alpha value is -1.94. The third-order valence-electron chi connectivity index (χ3n) is 20.5. The number of ether oxygens (including phenoxy) is 4. The van der Waals surface area contributed by atoms with Crippen LogP contribution in [0.15, 0.2) is 0 Å². The molecule has 5 atom stereocenters. The number of unbranched alkanes of at least 4 members (excludes halogenated alkanes) is 59. The number of aliphatic hydroxyl groups is 1. The van der Waals surface area contributed by atoms with Gasteiger partial charge in [-0.15, -0.1) is 0 Å². The molecule has 0 fully saturated rings. The number of hydrogen-bond donors (Lipinski definition) is 3. The van der Waals surface area contributed by atoms with E-state index in [4.69, 9.17) is 37.0 Å². The number of phosphoric acid groups is 2. The van der Waals surface area contributed by atoms with Crippen LogP contribution in [-0.2, 0) is 65.4 Å². The molecule has 0 rings (SSSR count). The van der Waals surface area contributed by atoms with Crippen LogP contribution in [0.4, 0.5) is 0 Å². The zero-order valence-corrected chi connectivity index (χ0v) is 71.4. The number of carbonyl (C=O) groups excluding carboxylic acids is 4. The molecule has 0 saturated heterocycles. The molecule has 0 aromatic carbocycles. The van der Waals surface area contributed by atoms with Crippen LogP contribution in [0.2, 0.25) is 0 Å². The van der Waals surface area contributed by atoms with Crippen LogP contribution in [-0.4, -0.2) is 96.7 Å². The van der Waals surface area contributed by atoms with E-state index in [-0.39, 0.29) is 25.7 Å². The lowest BCUT2D eigenvalue weighted by molar-refractivity contribution is -0.161. The number of esters is 4. The third-order valence-corrected chi connectivity index (χ3v) is 22.4. The van der Waals surface area contributed by atoms with Gasteiger partial charge in [0.25, 0.3) is 0 Å². The maximum Gasteiger partial charge on any atom is 0.472 e. The minimum atomic E-state index is -4.97. The van der Waals surface area contributed by atoms with Crippen molar-refractivity contribution in [2.24, 2.45) is 5.92 Å². The van der Waals surface area contributed by atoms with Crippen LogP contribution in [0.3, 0.4) is 0 Å². The molecule has 0 bridgehead atoms. The third kappa shape index (κ3) is 80.1. The Morgan fingerprint density at radius 3 is 0.642 bits per heavy atom. The molecule has 630 valence electrons. The maximum atomic E-state index is 13.2. The summed E-state index contributed by atoms with van der Waals surface area (Å²) in [5.41, 5.74) is 0. The molecule has 0 aliphatic rings. The number of carbonyl (C=O) groups is 4. The summed E-state index contributed by atoms with van der Waals surface area (Å²) >= 11 is 0. The number of hydrogen-bond acceptors (Lipinski definition) is 15. The van der Waals surface area contributed by atoms with Crippen molar-refractivity contribution < 1.29 is 80.2 Å². The van der Waals surface area contributed by atoms with Gasteiger partial charge >= 0.3 is 39.5 Å². The zero-order chi connectivity index (χ0) is 77.6. The standard InChI is InChI=1S/C87H170O17P2/c1-6-9-12-15-18-21-24-27-30-33-35-36-38-41-44-47-50-53-56-63-67-72-86(91)103-82(76-97-84(89)70-65-60-54-51-48-45-42-40-37-34-31-28-25-22-19-16-13-10-7-2)78-101-105(93,94)99-74-81(88)75-100-106(95,96)102-79-83(77-98-85(90)71-66-61-58-57-59-64-69-80(4)5)104-87(92)73-68-62-55-52-49-46-43-39-32-29-26-23-20-17-14-11-8-3/h80-83,88H,6-79H2,1-5H3,(H,93,94)(H,95,96)/t81-,82-,83-/m1/s1. The second-order valence-corrected chi connectivity index (χ2v) is 34.7. The lowest BCUT2D eigenvalue weighted by Gasteiger charge is -2.21. The van der Waals surface area contributed by atoms with Gasteiger partial charge in [-0.1, -0.05) is 420 Å². The van der Waals surface area contributed by atoms with Crippen molar-refractivity contribution >= 4 is 39.5 Å². The van der Waals surface area contributed by atoms with Crippen LogP contribution in [0.25, 0.3) is 0 Å². The van der Waals surface area contributed by atoms with Gasteiger partial charge in [0, 0.05) is 25.7 Å². The highest BCUT2D eigenvalue weighted by Gasteiger charge is 2.30. The van der Waals surface area contributed by atoms with Gasteiger partial charge < -0.3 is 33.8 Å². The number of aliphatic hydroxyl groups excluding tert-OH is 1. The molecule has 17 nitrogen and oxygen atoms in total. The lowest BCUT2D eigenvalue weighted by atomic mass is 10.0. The van der Waals surface area contributed by atoms with Gasteiger partial charge in [0.1, 0.15) is 19.3 Å². The van der Waals surface area contributed by atoms with Gasteiger partial charge in [-0.2, -0.15) is 0 Å². The molecular formula is C87H170O17P2. The van der Waals surface area contributed by atoms with E-state index in [1.807, 2.05) is 0 Å². The second kappa shape index (κ2) is 79.7. The topological polar surface area (TPSA) is 237 Å². The Morgan fingerprint density at radius 2 is 0.434 bits per heavy atom. The van der Waals surface area contributed by atoms with Crippen molar-refractivity contribution in [2.45, 2.75) is 490 Å². The Balaban J connectivity index is 5.20. The SMILES string of the molecule is CCCCCCCCCCCCCCCCCCCCCCCC(=O)O[C@H](COC(=O)CCCCCCCCCCCCCCCCCCCCC)COP(=O)(O)OC[C@@H](O)COP(=O)(O)OC[C@@H](COC(=O)CCCCCCCCC(C)C)OC(=O)CCCCCCCCCCCCCCCCCCC. The van der Waals surface area contributed by atoms with Gasteiger partial charge in [0.15, 0.2) is 12.2 Å². The first-order valence-corrected chi connectivity index (χ1v) is 48.1. The molecule has 19 heteroatoms. The van der Waals surface area contributed by atoms with Crippen molar-refractivity contribution in [3.05, 3.63) is 0 Å². The van der Waals surface area contributed by atoms with E-state index < -0.39 is 97.5 Å². The van der Waals surface area contributed by atoms with Gasteiger partial charge in [0.05, 0.1) is 26.4 Å². The highest BCUT2D eigenvalue weighted by Crippen LogP contribution is 2.45. The summed E-state index contributed by atoms with van der Waals surface area (Å²) in [7, 11) is -9.93. The summed E-state index contributed by atoms with van der Waals surface area (Å²) in [6, 6.07) is 0. The van der Waals surface area contributed by atoms with Crippen LogP contribution in [0, 0.1) is 5.92 Å². The number of phosphoric ester groups is 2. The van der Waals surface area contributed by atoms with Crippen LogP contribution in [0.1, 0.15) is 471 Å². The molecule has 0 heterocycles. The van der Waals surface area contributed by atoms with Crippen LogP contribution in [0.5, 0.6) is 0 Å². The first-order chi connectivity index (χ1) is 51.5. The first kappa shape index (κ1) is 104. The molecule has 0 aliphatic carbocycles. The molecule has 106 heavy (non-hydrogen) atoms. The molecule has 0 aliphatic heterocycles. The van der Waals surface area contributed by atoms with E-state index in [9.17, 15) is 43.2 Å². The van der Waals surface area contributed by atoms with E-state index in [0.29, 0.717) is 31.6 Å². The van der Waals surface area contributed by atoms with Gasteiger partial charge in [-0.3, -0.25) is 37.3 Å². The molecule has 0 aromatic heterocycles. The molecule has 0 radical (unpaired) electrons. The fraction of sp³-hybridized carbons (Fsp3) is 0.954. The zero-order valence-electron chi connectivity index (χ0n) is 69.6. The second-order valence-electron chi connectivity index (χ2n) is 31.8. The summed E-state index contributed by atoms with van der Waals surface area (Å²) in [4.78, 5) is 73.2. The average molecular weight is 1550 g/mol. The molecule has 0 amide bonds. The molecule has 3 N–H and O–H groups in total. The molecular weight excluding hydrogens is 1380 g/mol. The predicted molar refractivity (Wildman–Crippen MR) is 437 cm³/mol. The highest BCUT2D eigenvalue weighted by atomic mass is 31.2. The van der Waals surface area contributed by atoms with Crippen molar-refractivity contribution in [3.63, 3.8) is 0 Å². The lowest BCUT2D eigenvalue weighted by Crippen LogP contribution is -2.30. The van der Waals surface area contributed by atoms with E-state index in [0.717, 1.165) is 96.3 Å². The van der Waals surface area contributed by atoms with Crippen molar-refractivity contribution in [1.29, 1.82) is 0 Å². The maximum absolute atomic E-state index is 13.2. The minimum absolute atomic E-state index is 0.108. The van der Waals surface area contributed by atoms with E-state index in [2.05, 4.69) is 34.6 Å². The molecule has 0 saturated carbocycles. The van der Waals surface area contributed by atoms with E-state index in [1.165, 1.54) is 289 Å². The Bertz CT molecular complexity index is 2010. The quantitative estimate of drug-likeness (QED) is 0.0222. The Labute approximate surface area is 651 Å². The molecule has 0 aromatic rings. The Kier molecular flexibility index (Phi) is 78.2. The van der Waals surface area contributed by atoms with E-state index in [1.54, 1.807) is 0 Å². The summed E-state index contributed by atoms with van der Waals surface area (Å²) in [5.74, 6) is -1.42. The van der Waals surface area contributed by atoms with Gasteiger partial charge in [0.2, 0.25) is 0 Å². The highest BCUT2D eigenvalue weighted by molar-refractivity contribution is 7.47. The smallest absolute Gasteiger partial charge is 0.462 e. The monoisotopic (exact) mass is 1550 g/mol. The summed E-state index contributed by atoms with van der Waals surface area (Å²) in [6.07, 6.45) is 73.9. The molecule has 2 unspecified atom stereocenters. The summed E-state index contributed by atoms with van der Waals surface area (Å²) in [6.45, 7) is 7.29. The van der Waals surface area contributed by atoms with Crippen LogP contribution >= 0.6 is 15.6 Å². The fourth-order valence-corrected chi connectivity index (χ4v) is 15.2. The largest absolute Gasteiger partial charge is 0.472 e. The average Bonchev–Trinajstić information content (AvgIpc) is 0.902. The van der Waals surface area contributed by atoms with Gasteiger partial charge in [-0.25, -0.2) is 9.13 Å². The number of rotatable bonds is 87. The fourth-order valence-electron chi connectivity index (χ4n) is 13.6. The van der Waals surface area contributed by atoms with Crippen molar-refractivity contribution in [3.8, 4) is 0 Å². The van der Waals surface area contributed by atoms with Crippen molar-refractivity contribution in [1.82, 2.24) is 0 Å². The molecule has 0 spiro atoms. The van der Waals surface area contributed by atoms with Crippen LogP contribution < -0.4 is 0 Å². The minimum Gasteiger partial charge on any atom is -0.462 e. The first-order valence-electron chi connectivity index (χ1n) is 45.1. The van der Waals surface area contributed by atoms with Gasteiger partial charge in [-0.05, 0) is 31.6 Å². The van der Waals surface area contributed by atoms with Crippen molar-refractivity contribution in [2.75, 3.05) is 39.6 Å². The predicted octanol–water partition coefficient (Wildman–Crippen LogP) is 26.8.